The highest BCUT2D eigenvalue weighted by atomic mass is 32.1. The third kappa shape index (κ3) is 3.86. The summed E-state index contributed by atoms with van der Waals surface area (Å²) in [7, 11) is 0. The molecule has 1 fully saturated rings. The number of amides is 1. The van der Waals surface area contributed by atoms with E-state index in [-0.39, 0.29) is 5.91 Å². The molecule has 4 aromatic rings. The summed E-state index contributed by atoms with van der Waals surface area (Å²) < 4.78 is 5.28. The third-order valence-corrected chi connectivity index (χ3v) is 6.04. The van der Waals surface area contributed by atoms with E-state index in [1.165, 1.54) is 0 Å². The number of hydrogen-bond donors (Lipinski definition) is 0. The van der Waals surface area contributed by atoms with E-state index in [2.05, 4.69) is 30.0 Å². The van der Waals surface area contributed by atoms with Gasteiger partial charge in [-0.2, -0.15) is 4.98 Å². The summed E-state index contributed by atoms with van der Waals surface area (Å²) in [6.07, 6.45) is 5.93. The lowest BCUT2D eigenvalue weighted by molar-refractivity contribution is -0.131. The molecule has 1 amide bonds. The first-order valence-corrected chi connectivity index (χ1v) is 10.6. The number of anilines is 1. The highest BCUT2D eigenvalue weighted by molar-refractivity contribution is 7.21. The van der Waals surface area contributed by atoms with E-state index in [1.54, 1.807) is 29.9 Å². The van der Waals surface area contributed by atoms with Crippen LogP contribution in [0.2, 0.25) is 0 Å². The zero-order valence-corrected chi connectivity index (χ0v) is 17.0. The molecule has 30 heavy (non-hydrogen) atoms. The van der Waals surface area contributed by atoms with Crippen molar-refractivity contribution in [3.63, 3.8) is 0 Å². The second-order valence-electron chi connectivity index (χ2n) is 6.95. The van der Waals surface area contributed by atoms with Gasteiger partial charge < -0.3 is 14.3 Å². The topological polar surface area (TPSA) is 101 Å². The lowest BCUT2D eigenvalue weighted by Gasteiger charge is -2.34. The number of rotatable bonds is 5. The fourth-order valence-corrected chi connectivity index (χ4v) is 4.34. The van der Waals surface area contributed by atoms with Crippen LogP contribution in [0.25, 0.3) is 21.7 Å². The largest absolute Gasteiger partial charge is 0.344 e. The van der Waals surface area contributed by atoms with Crippen LogP contribution in [-0.4, -0.2) is 62.1 Å². The molecular formula is C20H19N7O2S. The van der Waals surface area contributed by atoms with Crippen molar-refractivity contribution in [1.29, 1.82) is 0 Å². The predicted molar refractivity (Wildman–Crippen MR) is 112 cm³/mol. The maximum absolute atomic E-state index is 12.6. The summed E-state index contributed by atoms with van der Waals surface area (Å²) in [6.45, 7) is 2.87. The molecule has 0 saturated carbocycles. The molecule has 10 heteroatoms. The molecule has 0 atom stereocenters. The molecule has 0 unspecified atom stereocenters. The van der Waals surface area contributed by atoms with Crippen LogP contribution >= 0.6 is 11.3 Å². The minimum atomic E-state index is 0.0988. The number of carbonyl (C=O) groups is 1. The molecular weight excluding hydrogens is 402 g/mol. The Kier molecular flexibility index (Phi) is 5.06. The smallest absolute Gasteiger partial charge is 0.227 e. The molecule has 5 rings (SSSR count). The minimum Gasteiger partial charge on any atom is -0.344 e. The van der Waals surface area contributed by atoms with Crippen molar-refractivity contribution >= 4 is 32.7 Å². The van der Waals surface area contributed by atoms with Crippen LogP contribution in [0.3, 0.4) is 0 Å². The zero-order valence-electron chi connectivity index (χ0n) is 16.1. The van der Waals surface area contributed by atoms with Crippen molar-refractivity contribution in [3.8, 4) is 11.4 Å². The predicted octanol–water partition coefficient (Wildman–Crippen LogP) is 2.42. The van der Waals surface area contributed by atoms with Gasteiger partial charge in [-0.3, -0.25) is 9.78 Å². The average Bonchev–Trinajstić information content (AvgIpc) is 3.45. The number of aromatic nitrogens is 5. The van der Waals surface area contributed by atoms with Crippen LogP contribution in [0.4, 0.5) is 5.13 Å². The van der Waals surface area contributed by atoms with Gasteiger partial charge in [0.15, 0.2) is 5.13 Å². The first-order chi connectivity index (χ1) is 14.8. The summed E-state index contributed by atoms with van der Waals surface area (Å²) in [4.78, 5) is 35.1. The Bertz CT molecular complexity index is 1120. The molecule has 9 nitrogen and oxygen atoms in total. The Morgan fingerprint density at radius 1 is 1.10 bits per heavy atom. The standard InChI is InChI=1S/C20H19N7O2S/c28-17(6-5-16-24-18(25-29-16)14-3-1-7-21-13-14)26-9-11-27(12-10-26)20-23-15-4-2-8-22-19(15)30-20/h1-4,7-8,13H,5-6,9-12H2. The van der Waals surface area contributed by atoms with Crippen molar-refractivity contribution in [2.75, 3.05) is 31.1 Å². The number of pyridine rings is 2. The van der Waals surface area contributed by atoms with Crippen LogP contribution in [0.15, 0.2) is 47.4 Å². The molecule has 152 valence electrons. The van der Waals surface area contributed by atoms with Crippen LogP contribution in [0.1, 0.15) is 12.3 Å². The SMILES string of the molecule is O=C(CCc1nc(-c2cccnc2)no1)N1CCN(c2nc3cccnc3s2)CC1. The normalized spacial score (nSPS) is 14.4. The number of thiazole rings is 1. The monoisotopic (exact) mass is 421 g/mol. The van der Waals surface area contributed by atoms with E-state index < -0.39 is 0 Å². The number of hydrogen-bond acceptors (Lipinski definition) is 9. The summed E-state index contributed by atoms with van der Waals surface area (Å²) in [6, 6.07) is 7.55. The van der Waals surface area contributed by atoms with Crippen molar-refractivity contribution in [2.45, 2.75) is 12.8 Å². The number of carbonyl (C=O) groups excluding carboxylic acids is 1. The Labute approximate surface area is 176 Å². The second-order valence-corrected chi connectivity index (χ2v) is 7.90. The number of fused-ring (bicyclic) bond motifs is 1. The van der Waals surface area contributed by atoms with Gasteiger partial charge in [0.05, 0.1) is 0 Å². The van der Waals surface area contributed by atoms with E-state index >= 15 is 0 Å². The van der Waals surface area contributed by atoms with Crippen molar-refractivity contribution in [2.24, 2.45) is 0 Å². The van der Waals surface area contributed by atoms with Crippen molar-refractivity contribution < 1.29 is 9.32 Å². The summed E-state index contributed by atoms with van der Waals surface area (Å²) in [5.41, 5.74) is 1.71. The van der Waals surface area contributed by atoms with Gasteiger partial charge in [0.25, 0.3) is 0 Å². The second kappa shape index (κ2) is 8.15. The molecule has 5 heterocycles. The zero-order chi connectivity index (χ0) is 20.3. The van der Waals surface area contributed by atoms with E-state index in [0.29, 0.717) is 37.6 Å². The van der Waals surface area contributed by atoms with Gasteiger partial charge in [-0.25, -0.2) is 9.97 Å². The van der Waals surface area contributed by atoms with Gasteiger partial charge in [-0.1, -0.05) is 16.5 Å². The van der Waals surface area contributed by atoms with E-state index in [0.717, 1.165) is 34.1 Å². The first-order valence-electron chi connectivity index (χ1n) is 9.73. The van der Waals surface area contributed by atoms with E-state index in [1.807, 2.05) is 29.2 Å². The van der Waals surface area contributed by atoms with Crippen LogP contribution < -0.4 is 4.90 Å². The Morgan fingerprint density at radius 2 is 1.97 bits per heavy atom. The van der Waals surface area contributed by atoms with E-state index in [4.69, 9.17) is 4.52 Å². The van der Waals surface area contributed by atoms with Crippen LogP contribution in [0, 0.1) is 0 Å². The molecule has 1 saturated heterocycles. The molecule has 0 radical (unpaired) electrons. The molecule has 0 aliphatic carbocycles. The van der Waals surface area contributed by atoms with Gasteiger partial charge in [0.1, 0.15) is 10.3 Å². The van der Waals surface area contributed by atoms with E-state index in [9.17, 15) is 4.79 Å². The lowest BCUT2D eigenvalue weighted by Crippen LogP contribution is -2.48. The van der Waals surface area contributed by atoms with Gasteiger partial charge in [-0.15, -0.1) is 0 Å². The van der Waals surface area contributed by atoms with Gasteiger partial charge in [-0.05, 0) is 24.3 Å². The molecule has 0 bridgehead atoms. The number of aryl methyl sites for hydroxylation is 1. The first kappa shape index (κ1) is 18.6. The summed E-state index contributed by atoms with van der Waals surface area (Å²) >= 11 is 1.59. The minimum absolute atomic E-state index is 0.0988. The Morgan fingerprint density at radius 3 is 2.77 bits per heavy atom. The van der Waals surface area contributed by atoms with Crippen molar-refractivity contribution in [1.82, 2.24) is 30.0 Å². The van der Waals surface area contributed by atoms with Crippen LogP contribution in [-0.2, 0) is 11.2 Å². The summed E-state index contributed by atoms with van der Waals surface area (Å²) in [5.74, 6) is 1.05. The molecule has 0 aromatic carbocycles. The van der Waals surface area contributed by atoms with Crippen LogP contribution in [0.5, 0.6) is 0 Å². The summed E-state index contributed by atoms with van der Waals surface area (Å²) in [5, 5.41) is 4.93. The molecule has 1 aliphatic rings. The Hall–Kier alpha value is -3.40. The average molecular weight is 421 g/mol. The molecule has 4 aromatic heterocycles. The van der Waals surface area contributed by atoms with Gasteiger partial charge >= 0.3 is 0 Å². The molecule has 0 N–H and O–H groups in total. The fourth-order valence-electron chi connectivity index (χ4n) is 3.38. The number of piperazine rings is 1. The lowest BCUT2D eigenvalue weighted by atomic mass is 10.2. The maximum Gasteiger partial charge on any atom is 0.227 e. The highest BCUT2D eigenvalue weighted by Crippen LogP contribution is 2.27. The van der Waals surface area contributed by atoms with Gasteiger partial charge in [0.2, 0.25) is 17.6 Å². The van der Waals surface area contributed by atoms with Crippen molar-refractivity contribution in [3.05, 3.63) is 48.7 Å². The molecule has 0 spiro atoms. The fraction of sp³-hybridized carbons (Fsp3) is 0.300. The highest BCUT2D eigenvalue weighted by Gasteiger charge is 2.23. The maximum atomic E-state index is 12.6. The third-order valence-electron chi connectivity index (χ3n) is 5.00. The van der Waals surface area contributed by atoms with Gasteiger partial charge in [0, 0.05) is 63.2 Å². The number of nitrogens with zero attached hydrogens (tertiary/aromatic N) is 7. The Balaban J connectivity index is 1.14. The quantitative estimate of drug-likeness (QED) is 0.484. The molecule has 1 aliphatic heterocycles.